The number of nitrogens with zero attached hydrogens (tertiary/aromatic N) is 3. The van der Waals surface area contributed by atoms with E-state index >= 15 is 0 Å². The van der Waals surface area contributed by atoms with Gasteiger partial charge >= 0.3 is 0 Å². The minimum absolute atomic E-state index is 0.292. The van der Waals surface area contributed by atoms with E-state index in [0.29, 0.717) is 10.7 Å². The van der Waals surface area contributed by atoms with Crippen LogP contribution in [0.15, 0.2) is 41.0 Å². The molecule has 0 radical (unpaired) electrons. The minimum Gasteiger partial charge on any atom is -0.496 e. The Hall–Kier alpha value is -1.72. The van der Waals surface area contributed by atoms with Crippen LogP contribution in [0.5, 0.6) is 5.75 Å². The molecular formula is C14H9BrClN3O. The van der Waals surface area contributed by atoms with Gasteiger partial charge in [-0.3, -0.25) is 0 Å². The van der Waals surface area contributed by atoms with Crippen molar-refractivity contribution < 1.29 is 4.74 Å². The number of hydrogen-bond donors (Lipinski definition) is 0. The first-order valence-electron chi connectivity index (χ1n) is 5.81. The third-order valence-electron chi connectivity index (χ3n) is 2.90. The quantitative estimate of drug-likeness (QED) is 0.697. The van der Waals surface area contributed by atoms with Crippen LogP contribution >= 0.6 is 27.5 Å². The highest BCUT2D eigenvalue weighted by molar-refractivity contribution is 9.10. The molecule has 0 aliphatic carbocycles. The molecule has 0 unspecified atom stereocenters. The molecule has 20 heavy (non-hydrogen) atoms. The van der Waals surface area contributed by atoms with Crippen molar-refractivity contribution in [1.29, 1.82) is 0 Å². The van der Waals surface area contributed by atoms with Gasteiger partial charge in [0, 0.05) is 15.4 Å². The lowest BCUT2D eigenvalue weighted by molar-refractivity contribution is 0.416. The van der Waals surface area contributed by atoms with Gasteiger partial charge in [-0.2, -0.15) is 5.10 Å². The van der Waals surface area contributed by atoms with Crippen LogP contribution < -0.4 is 4.74 Å². The molecule has 4 nitrogen and oxygen atoms in total. The van der Waals surface area contributed by atoms with Crippen LogP contribution in [0.1, 0.15) is 0 Å². The maximum Gasteiger partial charge on any atom is 0.177 e. The number of rotatable bonds is 2. The molecule has 0 saturated carbocycles. The topological polar surface area (TPSA) is 47.9 Å². The van der Waals surface area contributed by atoms with Gasteiger partial charge in [0.25, 0.3) is 0 Å². The summed E-state index contributed by atoms with van der Waals surface area (Å²) in [6, 6.07) is 9.61. The molecular weight excluding hydrogens is 342 g/mol. The number of fused-ring (bicyclic) bond motifs is 1. The number of methoxy groups -OCH3 is 1. The molecule has 0 saturated heterocycles. The molecule has 100 valence electrons. The predicted molar refractivity (Wildman–Crippen MR) is 82.0 cm³/mol. The highest BCUT2D eigenvalue weighted by atomic mass is 79.9. The summed E-state index contributed by atoms with van der Waals surface area (Å²) in [5, 5.41) is 8.76. The molecule has 1 aromatic carbocycles. The Morgan fingerprint density at radius 1 is 1.20 bits per heavy atom. The second-order valence-electron chi connectivity index (χ2n) is 4.11. The summed E-state index contributed by atoms with van der Waals surface area (Å²) in [5.74, 6) is 0.740. The first-order chi connectivity index (χ1) is 9.69. The minimum atomic E-state index is 0.292. The van der Waals surface area contributed by atoms with Gasteiger partial charge in [0.1, 0.15) is 11.3 Å². The zero-order chi connectivity index (χ0) is 14.1. The van der Waals surface area contributed by atoms with Gasteiger partial charge in [-0.25, -0.2) is 4.98 Å². The average Bonchev–Trinajstić information content (AvgIpc) is 2.47. The average molecular weight is 351 g/mol. The van der Waals surface area contributed by atoms with E-state index in [1.807, 2.05) is 30.3 Å². The summed E-state index contributed by atoms with van der Waals surface area (Å²) in [7, 11) is 1.63. The number of ether oxygens (including phenoxy) is 1. The Bertz CT molecular complexity index is 794. The van der Waals surface area contributed by atoms with Gasteiger partial charge in [-0.15, -0.1) is 5.10 Å². The monoisotopic (exact) mass is 349 g/mol. The van der Waals surface area contributed by atoms with E-state index in [-0.39, 0.29) is 0 Å². The summed E-state index contributed by atoms with van der Waals surface area (Å²) in [5.41, 5.74) is 2.30. The van der Waals surface area contributed by atoms with Gasteiger partial charge in [-0.05, 0) is 30.3 Å². The molecule has 0 spiro atoms. The van der Waals surface area contributed by atoms with Crippen LogP contribution in [0.2, 0.25) is 5.15 Å². The van der Waals surface area contributed by atoms with Crippen molar-refractivity contribution >= 4 is 38.4 Å². The normalized spacial score (nSPS) is 10.8. The molecule has 0 N–H and O–H groups in total. The number of pyridine rings is 1. The largest absolute Gasteiger partial charge is 0.496 e. The van der Waals surface area contributed by atoms with Crippen molar-refractivity contribution in [1.82, 2.24) is 15.2 Å². The van der Waals surface area contributed by atoms with Gasteiger partial charge in [0.2, 0.25) is 0 Å². The molecule has 3 rings (SSSR count). The van der Waals surface area contributed by atoms with Crippen molar-refractivity contribution in [2.24, 2.45) is 0 Å². The Morgan fingerprint density at radius 3 is 2.85 bits per heavy atom. The van der Waals surface area contributed by atoms with E-state index in [1.54, 1.807) is 13.3 Å². The lowest BCUT2D eigenvalue weighted by Gasteiger charge is -2.09. The third-order valence-corrected chi connectivity index (χ3v) is 3.65. The predicted octanol–water partition coefficient (Wildman–Crippen LogP) is 4.12. The summed E-state index contributed by atoms with van der Waals surface area (Å²) in [6.45, 7) is 0. The third kappa shape index (κ3) is 2.34. The fourth-order valence-corrected chi connectivity index (χ4v) is 2.49. The maximum atomic E-state index is 6.04. The summed E-state index contributed by atoms with van der Waals surface area (Å²) < 4.78 is 6.34. The molecule has 0 atom stereocenters. The van der Waals surface area contributed by atoms with Crippen molar-refractivity contribution in [2.75, 3.05) is 7.11 Å². The van der Waals surface area contributed by atoms with Crippen LogP contribution in [0.4, 0.5) is 0 Å². The SMILES string of the molecule is COc1cc(Br)ccc1-c1ccc2cnnc(Cl)c2n1. The summed E-state index contributed by atoms with van der Waals surface area (Å²) >= 11 is 9.46. The van der Waals surface area contributed by atoms with Crippen molar-refractivity contribution in [3.8, 4) is 17.0 Å². The van der Waals surface area contributed by atoms with Crippen LogP contribution in [-0.2, 0) is 0 Å². The van der Waals surface area contributed by atoms with E-state index in [9.17, 15) is 0 Å². The number of halogens is 2. The van der Waals surface area contributed by atoms with Gasteiger partial charge in [0.05, 0.1) is 19.0 Å². The van der Waals surface area contributed by atoms with E-state index < -0.39 is 0 Å². The Labute approximate surface area is 128 Å². The summed E-state index contributed by atoms with van der Waals surface area (Å²) in [6.07, 6.45) is 1.64. The zero-order valence-electron chi connectivity index (χ0n) is 10.5. The molecule has 3 aromatic rings. The van der Waals surface area contributed by atoms with Gasteiger partial charge in [-0.1, -0.05) is 27.5 Å². The van der Waals surface area contributed by atoms with E-state index in [2.05, 4.69) is 31.1 Å². The van der Waals surface area contributed by atoms with Crippen LogP contribution in [0.25, 0.3) is 22.2 Å². The fraction of sp³-hybridized carbons (Fsp3) is 0.0714. The highest BCUT2D eigenvalue weighted by Crippen LogP contribution is 2.32. The fourth-order valence-electron chi connectivity index (χ4n) is 1.96. The molecule has 0 aliphatic rings. The molecule has 6 heteroatoms. The smallest absolute Gasteiger partial charge is 0.177 e. The molecule has 2 heterocycles. The van der Waals surface area contributed by atoms with E-state index in [4.69, 9.17) is 16.3 Å². The Balaban J connectivity index is 2.22. The highest BCUT2D eigenvalue weighted by Gasteiger charge is 2.10. The van der Waals surface area contributed by atoms with Crippen molar-refractivity contribution in [3.05, 3.63) is 46.2 Å². The molecule has 0 amide bonds. The number of hydrogen-bond acceptors (Lipinski definition) is 4. The lowest BCUT2D eigenvalue weighted by atomic mass is 10.1. The van der Waals surface area contributed by atoms with Crippen molar-refractivity contribution in [3.63, 3.8) is 0 Å². The zero-order valence-corrected chi connectivity index (χ0v) is 12.8. The second-order valence-corrected chi connectivity index (χ2v) is 5.39. The lowest BCUT2D eigenvalue weighted by Crippen LogP contribution is -1.92. The number of aromatic nitrogens is 3. The van der Waals surface area contributed by atoms with Crippen LogP contribution in [-0.4, -0.2) is 22.3 Å². The van der Waals surface area contributed by atoms with Crippen LogP contribution in [0, 0.1) is 0 Å². The molecule has 0 bridgehead atoms. The van der Waals surface area contributed by atoms with Crippen LogP contribution in [0.3, 0.4) is 0 Å². The van der Waals surface area contributed by atoms with E-state index in [0.717, 1.165) is 26.9 Å². The van der Waals surface area contributed by atoms with Gasteiger partial charge in [0.15, 0.2) is 5.15 Å². The maximum absolute atomic E-state index is 6.04. The number of benzene rings is 1. The molecule has 0 aliphatic heterocycles. The molecule has 2 aromatic heterocycles. The summed E-state index contributed by atoms with van der Waals surface area (Å²) in [4.78, 5) is 4.55. The van der Waals surface area contributed by atoms with E-state index in [1.165, 1.54) is 0 Å². The molecule has 0 fully saturated rings. The van der Waals surface area contributed by atoms with Gasteiger partial charge < -0.3 is 4.74 Å². The first-order valence-corrected chi connectivity index (χ1v) is 6.98. The Morgan fingerprint density at radius 2 is 2.05 bits per heavy atom. The second kappa shape index (κ2) is 5.34. The first kappa shape index (κ1) is 13.3. The standard InChI is InChI=1S/C14H9BrClN3O/c1-20-12-6-9(15)3-4-10(12)11-5-2-8-7-17-19-14(16)13(8)18-11/h2-7H,1H3. The Kier molecular flexibility index (Phi) is 3.54. The van der Waals surface area contributed by atoms with Crippen molar-refractivity contribution in [2.45, 2.75) is 0 Å².